The molecule has 2 amide bonds. The Kier molecular flexibility index (Phi) is 5.00. The highest BCUT2D eigenvalue weighted by atomic mass is 32.1. The van der Waals surface area contributed by atoms with Crippen LogP contribution in [-0.2, 0) is 6.18 Å². The van der Waals surface area contributed by atoms with E-state index in [2.05, 4.69) is 9.97 Å². The molecule has 0 radical (unpaired) electrons. The number of nitrogens with two attached hydrogens (primary N) is 1. The predicted octanol–water partition coefficient (Wildman–Crippen LogP) is 4.45. The van der Waals surface area contributed by atoms with Gasteiger partial charge in [0.2, 0.25) is 0 Å². The minimum Gasteiger partial charge on any atom is -0.496 e. The van der Waals surface area contributed by atoms with Crippen LogP contribution in [0.25, 0.3) is 11.3 Å². The van der Waals surface area contributed by atoms with E-state index in [9.17, 15) is 18.0 Å². The molecule has 6 nitrogen and oxygen atoms in total. The average molecular weight is 394 g/mol. The Labute approximate surface area is 156 Å². The van der Waals surface area contributed by atoms with Crippen LogP contribution in [0.3, 0.4) is 0 Å². The van der Waals surface area contributed by atoms with Gasteiger partial charge in [-0.3, -0.25) is 4.98 Å². The topological polar surface area (TPSA) is 81.3 Å². The molecule has 0 saturated heterocycles. The van der Waals surface area contributed by atoms with Crippen molar-refractivity contribution in [2.45, 2.75) is 6.18 Å². The second-order valence-corrected chi connectivity index (χ2v) is 6.15. The van der Waals surface area contributed by atoms with Crippen molar-refractivity contribution in [2.75, 3.05) is 12.0 Å². The minimum atomic E-state index is -4.66. The number of carbonyl (C=O) groups excluding carboxylic acids is 1. The number of methoxy groups -OCH3 is 1. The highest BCUT2D eigenvalue weighted by molar-refractivity contribution is 7.14. The number of alkyl halides is 3. The molecule has 0 atom stereocenters. The molecule has 27 heavy (non-hydrogen) atoms. The second kappa shape index (κ2) is 7.23. The van der Waals surface area contributed by atoms with Crippen molar-refractivity contribution in [3.05, 3.63) is 53.7 Å². The van der Waals surface area contributed by atoms with E-state index in [-0.39, 0.29) is 16.6 Å². The Morgan fingerprint density at radius 2 is 2.07 bits per heavy atom. The minimum absolute atomic E-state index is 0.0669. The fraction of sp³-hybridized carbons (Fsp3) is 0.118. The molecule has 0 spiro atoms. The van der Waals surface area contributed by atoms with E-state index in [0.717, 1.165) is 35.5 Å². The van der Waals surface area contributed by atoms with Gasteiger partial charge in [-0.05, 0) is 30.3 Å². The molecule has 0 unspecified atom stereocenters. The van der Waals surface area contributed by atoms with E-state index < -0.39 is 17.8 Å². The summed E-state index contributed by atoms with van der Waals surface area (Å²) in [5.41, 5.74) is 5.55. The number of rotatable bonds is 4. The first-order valence-corrected chi connectivity index (χ1v) is 8.40. The fourth-order valence-electron chi connectivity index (χ4n) is 2.40. The highest BCUT2D eigenvalue weighted by Crippen LogP contribution is 2.40. The number of amides is 2. The van der Waals surface area contributed by atoms with Crippen LogP contribution in [0, 0.1) is 0 Å². The van der Waals surface area contributed by atoms with Crippen molar-refractivity contribution in [3.63, 3.8) is 0 Å². The van der Waals surface area contributed by atoms with E-state index >= 15 is 0 Å². The summed E-state index contributed by atoms with van der Waals surface area (Å²) in [4.78, 5) is 21.2. The number of carbonyl (C=O) groups is 1. The summed E-state index contributed by atoms with van der Waals surface area (Å²) in [5, 5.41) is 1.80. The molecule has 0 fully saturated rings. The fourth-order valence-corrected chi connectivity index (χ4v) is 3.26. The van der Waals surface area contributed by atoms with Crippen molar-refractivity contribution < 1.29 is 22.7 Å². The van der Waals surface area contributed by atoms with Crippen molar-refractivity contribution in [3.8, 4) is 17.0 Å². The molecular formula is C17H13F3N4O2S. The molecule has 0 aliphatic rings. The molecule has 0 aliphatic carbocycles. The van der Waals surface area contributed by atoms with Crippen molar-refractivity contribution >= 4 is 28.2 Å². The van der Waals surface area contributed by atoms with Crippen LogP contribution in [0.2, 0.25) is 0 Å². The quantitative estimate of drug-likeness (QED) is 0.709. The number of nitrogens with zero attached hydrogens (tertiary/aromatic N) is 3. The summed E-state index contributed by atoms with van der Waals surface area (Å²) >= 11 is 1.07. The molecule has 2 aromatic heterocycles. The van der Waals surface area contributed by atoms with Crippen LogP contribution < -0.4 is 15.4 Å². The van der Waals surface area contributed by atoms with E-state index in [1.807, 2.05) is 0 Å². The first-order valence-electron chi connectivity index (χ1n) is 7.52. The van der Waals surface area contributed by atoms with Gasteiger partial charge in [0, 0.05) is 23.3 Å². The van der Waals surface area contributed by atoms with Gasteiger partial charge in [0.15, 0.2) is 5.13 Å². The van der Waals surface area contributed by atoms with Gasteiger partial charge >= 0.3 is 12.2 Å². The van der Waals surface area contributed by atoms with Gasteiger partial charge < -0.3 is 10.5 Å². The Balaban J connectivity index is 2.05. The number of anilines is 2. The Morgan fingerprint density at radius 1 is 1.30 bits per heavy atom. The first-order chi connectivity index (χ1) is 12.8. The van der Waals surface area contributed by atoms with Gasteiger partial charge in [-0.15, -0.1) is 11.3 Å². The lowest BCUT2D eigenvalue weighted by Gasteiger charge is -2.20. The lowest BCUT2D eigenvalue weighted by Crippen LogP contribution is -2.31. The standard InChI is InChI=1S/C17H13F3N4O2S/c1-26-14-5-4-11(7-12(14)17(18,19)20)24(15(21)25)16-23-13(9-27-16)10-3-2-6-22-8-10/h2-9H,1H3,(H2,21,25). The van der Waals surface area contributed by atoms with Crippen molar-refractivity contribution in [1.82, 2.24) is 9.97 Å². The number of benzene rings is 1. The number of primary amides is 1. The summed E-state index contributed by atoms with van der Waals surface area (Å²) < 4.78 is 44.6. The second-order valence-electron chi connectivity index (χ2n) is 5.31. The van der Waals surface area contributed by atoms with Crippen LogP contribution in [0.15, 0.2) is 48.1 Å². The molecular weight excluding hydrogens is 381 g/mol. The molecule has 2 N–H and O–H groups in total. The van der Waals surface area contributed by atoms with Crippen LogP contribution >= 0.6 is 11.3 Å². The zero-order chi connectivity index (χ0) is 19.6. The van der Waals surface area contributed by atoms with E-state index in [1.54, 1.807) is 29.9 Å². The number of ether oxygens (including phenoxy) is 1. The number of halogens is 3. The maximum Gasteiger partial charge on any atom is 0.420 e. The molecule has 0 aliphatic heterocycles. The van der Waals surface area contributed by atoms with Crippen LogP contribution in [-0.4, -0.2) is 23.1 Å². The monoisotopic (exact) mass is 394 g/mol. The Morgan fingerprint density at radius 3 is 2.67 bits per heavy atom. The predicted molar refractivity (Wildman–Crippen MR) is 95.1 cm³/mol. The smallest absolute Gasteiger partial charge is 0.420 e. The number of urea groups is 1. The number of thiazole rings is 1. The SMILES string of the molecule is COc1ccc(N(C(N)=O)c2nc(-c3cccnc3)cs2)cc1C(F)(F)F. The summed E-state index contributed by atoms with van der Waals surface area (Å²) in [7, 11) is 1.14. The summed E-state index contributed by atoms with van der Waals surface area (Å²) in [6.07, 6.45) is -1.47. The largest absolute Gasteiger partial charge is 0.496 e. The molecule has 3 rings (SSSR count). The number of pyridine rings is 1. The Hall–Kier alpha value is -3.14. The molecule has 0 saturated carbocycles. The third-order valence-electron chi connectivity index (χ3n) is 3.61. The van der Waals surface area contributed by atoms with E-state index in [0.29, 0.717) is 11.3 Å². The molecule has 0 bridgehead atoms. The number of hydrogen-bond acceptors (Lipinski definition) is 5. The summed E-state index contributed by atoms with van der Waals surface area (Å²) in [6.45, 7) is 0. The van der Waals surface area contributed by atoms with Crippen molar-refractivity contribution in [1.29, 1.82) is 0 Å². The maximum absolute atomic E-state index is 13.3. The van der Waals surface area contributed by atoms with Gasteiger partial charge in [-0.25, -0.2) is 14.7 Å². The highest BCUT2D eigenvalue weighted by Gasteiger charge is 2.35. The van der Waals surface area contributed by atoms with E-state index in [1.165, 1.54) is 6.07 Å². The molecule has 140 valence electrons. The summed E-state index contributed by atoms with van der Waals surface area (Å²) in [6, 6.07) is 5.78. The number of hydrogen-bond donors (Lipinski definition) is 1. The van der Waals surface area contributed by atoms with Gasteiger partial charge in [0.05, 0.1) is 24.1 Å². The number of aromatic nitrogens is 2. The third kappa shape index (κ3) is 3.85. The zero-order valence-corrected chi connectivity index (χ0v) is 14.7. The Bertz CT molecular complexity index is 960. The normalized spacial score (nSPS) is 11.3. The van der Waals surface area contributed by atoms with Gasteiger partial charge in [0.1, 0.15) is 5.75 Å². The van der Waals surface area contributed by atoms with Gasteiger partial charge in [-0.1, -0.05) is 0 Å². The molecule has 10 heteroatoms. The van der Waals surface area contributed by atoms with Gasteiger partial charge in [0.25, 0.3) is 0 Å². The maximum atomic E-state index is 13.3. The van der Waals surface area contributed by atoms with Gasteiger partial charge in [-0.2, -0.15) is 13.2 Å². The third-order valence-corrected chi connectivity index (χ3v) is 4.43. The zero-order valence-electron chi connectivity index (χ0n) is 13.9. The van der Waals surface area contributed by atoms with Crippen LogP contribution in [0.1, 0.15) is 5.56 Å². The first kappa shape index (κ1) is 18.6. The lowest BCUT2D eigenvalue weighted by atomic mass is 10.1. The van der Waals surface area contributed by atoms with E-state index in [4.69, 9.17) is 10.5 Å². The molecule has 3 aromatic rings. The average Bonchev–Trinajstić information content (AvgIpc) is 3.11. The molecule has 1 aromatic carbocycles. The van der Waals surface area contributed by atoms with Crippen LogP contribution in [0.4, 0.5) is 28.8 Å². The van der Waals surface area contributed by atoms with Crippen LogP contribution in [0.5, 0.6) is 5.75 Å². The van der Waals surface area contributed by atoms with Crippen molar-refractivity contribution in [2.24, 2.45) is 5.73 Å². The summed E-state index contributed by atoms with van der Waals surface area (Å²) in [5.74, 6) is -0.356. The molecule has 2 heterocycles. The lowest BCUT2D eigenvalue weighted by molar-refractivity contribution is -0.138.